The van der Waals surface area contributed by atoms with Crippen LogP contribution in [0.2, 0.25) is 0 Å². The van der Waals surface area contributed by atoms with E-state index >= 15 is 0 Å². The Morgan fingerprint density at radius 1 is 1.38 bits per heavy atom. The molecule has 0 aliphatic heterocycles. The summed E-state index contributed by atoms with van der Waals surface area (Å²) in [6.45, 7) is -0.174. The third-order valence-electron chi connectivity index (χ3n) is 3.30. The minimum absolute atomic E-state index is 0.0989. The lowest BCUT2D eigenvalue weighted by atomic mass is 10.1. The van der Waals surface area contributed by atoms with Crippen molar-refractivity contribution in [2.75, 3.05) is 19.0 Å². The summed E-state index contributed by atoms with van der Waals surface area (Å²) in [5.74, 6) is -0.158. The average molecular weight is 329 g/mol. The van der Waals surface area contributed by atoms with Gasteiger partial charge in [0.25, 0.3) is 0 Å². The van der Waals surface area contributed by atoms with Gasteiger partial charge in [0.1, 0.15) is 11.6 Å². The van der Waals surface area contributed by atoms with Crippen LogP contribution in [0.3, 0.4) is 0 Å². The fourth-order valence-electron chi connectivity index (χ4n) is 2.09. The van der Waals surface area contributed by atoms with Gasteiger partial charge in [-0.15, -0.1) is 0 Å². The SMILES string of the molecule is COc1ccc(C#N)cc1NC(=O)NCC(O)c1ccccc1F. The van der Waals surface area contributed by atoms with Crippen molar-refractivity contribution in [3.05, 3.63) is 59.4 Å². The van der Waals surface area contributed by atoms with Gasteiger partial charge in [0.15, 0.2) is 0 Å². The zero-order valence-corrected chi connectivity index (χ0v) is 12.9. The Kier molecular flexibility index (Phi) is 5.71. The fraction of sp³-hybridized carbons (Fsp3) is 0.176. The van der Waals surface area contributed by atoms with Crippen molar-refractivity contribution in [1.29, 1.82) is 5.26 Å². The summed E-state index contributed by atoms with van der Waals surface area (Å²) in [5.41, 5.74) is 0.772. The number of hydrogen-bond donors (Lipinski definition) is 3. The lowest BCUT2D eigenvalue weighted by Crippen LogP contribution is -2.32. The Hall–Kier alpha value is -3.11. The average Bonchev–Trinajstić information content (AvgIpc) is 2.60. The Bertz CT molecular complexity index is 774. The molecular weight excluding hydrogens is 313 g/mol. The first-order valence-corrected chi connectivity index (χ1v) is 7.10. The second-order valence-corrected chi connectivity index (χ2v) is 4.90. The van der Waals surface area contributed by atoms with Gasteiger partial charge in [0.2, 0.25) is 0 Å². The van der Waals surface area contributed by atoms with Gasteiger partial charge in [-0.1, -0.05) is 18.2 Å². The highest BCUT2D eigenvalue weighted by Crippen LogP contribution is 2.25. The molecule has 0 saturated heterocycles. The summed E-state index contributed by atoms with van der Waals surface area (Å²) in [4.78, 5) is 11.9. The molecule has 1 unspecified atom stereocenters. The van der Waals surface area contributed by atoms with E-state index in [1.807, 2.05) is 6.07 Å². The minimum atomic E-state index is -1.18. The van der Waals surface area contributed by atoms with E-state index in [0.29, 0.717) is 17.0 Å². The van der Waals surface area contributed by atoms with Crippen molar-refractivity contribution >= 4 is 11.7 Å². The fourth-order valence-corrected chi connectivity index (χ4v) is 2.09. The van der Waals surface area contributed by atoms with Gasteiger partial charge in [-0.25, -0.2) is 9.18 Å². The monoisotopic (exact) mass is 329 g/mol. The van der Waals surface area contributed by atoms with Crippen LogP contribution in [0.25, 0.3) is 0 Å². The molecule has 0 spiro atoms. The highest BCUT2D eigenvalue weighted by Gasteiger charge is 2.14. The van der Waals surface area contributed by atoms with E-state index in [4.69, 9.17) is 10.00 Å². The number of nitrogens with one attached hydrogen (secondary N) is 2. The largest absolute Gasteiger partial charge is 0.495 e. The minimum Gasteiger partial charge on any atom is -0.495 e. The maximum atomic E-state index is 13.6. The molecule has 1 atom stereocenters. The van der Waals surface area contributed by atoms with Crippen LogP contribution in [0.15, 0.2) is 42.5 Å². The number of urea groups is 1. The molecule has 24 heavy (non-hydrogen) atoms. The highest BCUT2D eigenvalue weighted by atomic mass is 19.1. The standard InChI is InChI=1S/C17H16FN3O3/c1-24-16-7-6-11(9-19)8-14(16)21-17(23)20-10-15(22)12-4-2-3-5-13(12)18/h2-8,15,22H,10H2,1H3,(H2,20,21,23). The van der Waals surface area contributed by atoms with Gasteiger partial charge >= 0.3 is 6.03 Å². The molecule has 0 aliphatic rings. The van der Waals surface area contributed by atoms with Crippen molar-refractivity contribution < 1.29 is 19.0 Å². The van der Waals surface area contributed by atoms with E-state index in [-0.39, 0.29) is 12.1 Å². The number of amides is 2. The van der Waals surface area contributed by atoms with Gasteiger partial charge in [-0.05, 0) is 24.3 Å². The second kappa shape index (κ2) is 7.94. The third kappa shape index (κ3) is 4.21. The summed E-state index contributed by atoms with van der Waals surface area (Å²) in [5, 5.41) is 23.8. The first-order chi connectivity index (χ1) is 11.5. The quantitative estimate of drug-likeness (QED) is 0.786. The molecule has 0 heterocycles. The molecule has 124 valence electrons. The number of aliphatic hydroxyl groups excluding tert-OH is 1. The number of carbonyl (C=O) groups is 1. The summed E-state index contributed by atoms with van der Waals surface area (Å²) in [6.07, 6.45) is -1.18. The summed E-state index contributed by atoms with van der Waals surface area (Å²) in [7, 11) is 1.44. The summed E-state index contributed by atoms with van der Waals surface area (Å²) in [6, 6.07) is 11.7. The molecule has 0 aliphatic carbocycles. The third-order valence-corrected chi connectivity index (χ3v) is 3.30. The van der Waals surface area contributed by atoms with Crippen molar-refractivity contribution in [2.24, 2.45) is 0 Å². The lowest BCUT2D eigenvalue weighted by molar-refractivity contribution is 0.170. The number of nitriles is 1. The van der Waals surface area contributed by atoms with Crippen LogP contribution in [0, 0.1) is 17.1 Å². The number of nitrogens with zero attached hydrogens (tertiary/aromatic N) is 1. The first kappa shape index (κ1) is 17.2. The molecular formula is C17H16FN3O3. The van der Waals surface area contributed by atoms with E-state index in [1.54, 1.807) is 18.2 Å². The number of halogens is 1. The molecule has 0 bridgehead atoms. The maximum absolute atomic E-state index is 13.6. The highest BCUT2D eigenvalue weighted by molar-refractivity contribution is 5.91. The number of carbonyl (C=O) groups excluding carboxylic acids is 1. The van der Waals surface area contributed by atoms with Crippen LogP contribution >= 0.6 is 0 Å². The van der Waals surface area contributed by atoms with Crippen LogP contribution < -0.4 is 15.4 Å². The molecule has 0 saturated carbocycles. The number of hydrogen-bond acceptors (Lipinski definition) is 4. The topological polar surface area (TPSA) is 94.4 Å². The van der Waals surface area contributed by atoms with Crippen LogP contribution in [-0.4, -0.2) is 24.8 Å². The van der Waals surface area contributed by atoms with Crippen LogP contribution in [0.5, 0.6) is 5.75 Å². The Labute approximate surface area is 138 Å². The van der Waals surface area contributed by atoms with Gasteiger partial charge in [0, 0.05) is 12.1 Å². The predicted molar refractivity (Wildman–Crippen MR) is 86.1 cm³/mol. The van der Waals surface area contributed by atoms with E-state index in [1.165, 1.54) is 31.4 Å². The lowest BCUT2D eigenvalue weighted by Gasteiger charge is -2.15. The van der Waals surface area contributed by atoms with E-state index < -0.39 is 18.0 Å². The number of ether oxygens (including phenoxy) is 1. The van der Waals surface area contributed by atoms with Crippen LogP contribution in [0.4, 0.5) is 14.9 Å². The van der Waals surface area contributed by atoms with E-state index in [2.05, 4.69) is 10.6 Å². The van der Waals surface area contributed by atoms with Crippen molar-refractivity contribution in [3.63, 3.8) is 0 Å². The maximum Gasteiger partial charge on any atom is 0.319 e. The molecule has 2 rings (SSSR count). The first-order valence-electron chi connectivity index (χ1n) is 7.10. The number of anilines is 1. The summed E-state index contributed by atoms with van der Waals surface area (Å²) >= 11 is 0. The number of rotatable bonds is 5. The number of aliphatic hydroxyl groups is 1. The van der Waals surface area contributed by atoms with Gasteiger partial charge in [0.05, 0.1) is 30.5 Å². The van der Waals surface area contributed by atoms with Gasteiger partial charge < -0.3 is 20.5 Å². The van der Waals surface area contributed by atoms with Crippen LogP contribution in [-0.2, 0) is 0 Å². The Balaban J connectivity index is 1.99. The van der Waals surface area contributed by atoms with E-state index in [9.17, 15) is 14.3 Å². The molecule has 7 heteroatoms. The number of benzene rings is 2. The number of methoxy groups -OCH3 is 1. The van der Waals surface area contributed by atoms with Crippen molar-refractivity contribution in [2.45, 2.75) is 6.10 Å². The van der Waals surface area contributed by atoms with Crippen molar-refractivity contribution in [1.82, 2.24) is 5.32 Å². The van der Waals surface area contributed by atoms with Crippen molar-refractivity contribution in [3.8, 4) is 11.8 Å². The zero-order chi connectivity index (χ0) is 17.5. The smallest absolute Gasteiger partial charge is 0.319 e. The molecule has 2 amide bonds. The Morgan fingerprint density at radius 2 is 2.12 bits per heavy atom. The molecule has 0 aromatic heterocycles. The molecule has 6 nitrogen and oxygen atoms in total. The zero-order valence-electron chi connectivity index (χ0n) is 12.9. The molecule has 0 radical (unpaired) electrons. The normalized spacial score (nSPS) is 11.2. The second-order valence-electron chi connectivity index (χ2n) is 4.90. The van der Waals surface area contributed by atoms with E-state index in [0.717, 1.165) is 0 Å². The molecule has 3 N–H and O–H groups in total. The molecule has 2 aromatic carbocycles. The summed E-state index contributed by atoms with van der Waals surface area (Å²) < 4.78 is 18.7. The molecule has 2 aromatic rings. The molecule has 0 fully saturated rings. The van der Waals surface area contributed by atoms with Gasteiger partial charge in [-0.2, -0.15) is 5.26 Å². The predicted octanol–water partition coefficient (Wildman–Crippen LogP) is 2.56. The Morgan fingerprint density at radius 3 is 2.79 bits per heavy atom. The van der Waals surface area contributed by atoms with Gasteiger partial charge in [-0.3, -0.25) is 0 Å². The van der Waals surface area contributed by atoms with Crippen LogP contribution in [0.1, 0.15) is 17.2 Å².